The summed E-state index contributed by atoms with van der Waals surface area (Å²) in [4.78, 5) is 11.5. The predicted molar refractivity (Wildman–Crippen MR) is 99.0 cm³/mol. The summed E-state index contributed by atoms with van der Waals surface area (Å²) in [5.41, 5.74) is 7.62. The van der Waals surface area contributed by atoms with E-state index in [0.29, 0.717) is 0 Å². The second-order valence-electron chi connectivity index (χ2n) is 7.30. The van der Waals surface area contributed by atoms with Crippen molar-refractivity contribution in [1.82, 2.24) is 14.9 Å². The van der Waals surface area contributed by atoms with Crippen molar-refractivity contribution >= 4 is 22.4 Å². The summed E-state index contributed by atoms with van der Waals surface area (Å²) in [5.74, 6) is 1.66. The molecule has 1 saturated heterocycles. The molecule has 0 amide bonds. The normalized spacial score (nSPS) is 25.2. The Hall–Kier alpha value is -1.88. The monoisotopic (exact) mass is 325 g/mol. The van der Waals surface area contributed by atoms with Crippen LogP contribution in [0, 0.1) is 5.92 Å². The number of nitrogens with one attached hydrogen (secondary N) is 1. The van der Waals surface area contributed by atoms with Crippen molar-refractivity contribution in [2.24, 2.45) is 5.92 Å². The van der Waals surface area contributed by atoms with E-state index in [1.165, 1.54) is 51.6 Å². The van der Waals surface area contributed by atoms with E-state index < -0.39 is 0 Å². The lowest BCUT2D eigenvalue weighted by molar-refractivity contribution is 0.168. The van der Waals surface area contributed by atoms with Crippen molar-refractivity contribution in [3.05, 3.63) is 24.5 Å². The number of likely N-dealkylation sites (tertiary alicyclic amines) is 1. The maximum absolute atomic E-state index is 5.92. The smallest absolute Gasteiger partial charge is 0.137 e. The molecule has 1 saturated carbocycles. The van der Waals surface area contributed by atoms with E-state index in [0.717, 1.165) is 40.9 Å². The van der Waals surface area contributed by atoms with Gasteiger partial charge in [-0.1, -0.05) is 0 Å². The third kappa shape index (κ3) is 3.31. The van der Waals surface area contributed by atoms with Gasteiger partial charge in [-0.25, -0.2) is 9.97 Å². The highest BCUT2D eigenvalue weighted by Crippen LogP contribution is 2.30. The number of fused-ring (bicyclic) bond motifs is 1. The molecular weight excluding hydrogens is 298 g/mol. The first-order valence-electron chi connectivity index (χ1n) is 9.28. The first-order valence-corrected chi connectivity index (χ1v) is 9.28. The van der Waals surface area contributed by atoms with Gasteiger partial charge in [0.2, 0.25) is 0 Å². The molecule has 0 spiro atoms. The zero-order valence-corrected chi connectivity index (χ0v) is 14.2. The minimum absolute atomic E-state index is 0.745. The van der Waals surface area contributed by atoms with Gasteiger partial charge in [0.15, 0.2) is 0 Å². The van der Waals surface area contributed by atoms with Crippen LogP contribution in [0.1, 0.15) is 38.5 Å². The fourth-order valence-electron chi connectivity index (χ4n) is 4.28. The number of aromatic nitrogens is 2. The number of rotatable bonds is 4. The molecule has 1 aliphatic heterocycles. The molecule has 128 valence electrons. The minimum atomic E-state index is 0.745. The van der Waals surface area contributed by atoms with Crippen LogP contribution in [0.4, 0.5) is 11.5 Å². The Morgan fingerprint density at radius 2 is 1.88 bits per heavy atom. The number of nitrogen functional groups attached to an aromatic ring is 1. The second kappa shape index (κ2) is 6.93. The van der Waals surface area contributed by atoms with E-state index >= 15 is 0 Å². The van der Waals surface area contributed by atoms with Gasteiger partial charge in [-0.2, -0.15) is 0 Å². The van der Waals surface area contributed by atoms with Crippen LogP contribution >= 0.6 is 0 Å². The molecule has 1 aromatic heterocycles. The van der Waals surface area contributed by atoms with Crippen molar-refractivity contribution in [3.8, 4) is 0 Å². The molecule has 24 heavy (non-hydrogen) atoms. The summed E-state index contributed by atoms with van der Waals surface area (Å²) in [7, 11) is 0. The minimum Gasteiger partial charge on any atom is -0.399 e. The largest absolute Gasteiger partial charge is 0.399 e. The van der Waals surface area contributed by atoms with Gasteiger partial charge in [-0.15, -0.1) is 0 Å². The van der Waals surface area contributed by atoms with Crippen LogP contribution in [-0.2, 0) is 0 Å². The van der Waals surface area contributed by atoms with Gasteiger partial charge in [0.05, 0.1) is 5.52 Å². The summed E-state index contributed by atoms with van der Waals surface area (Å²) in [6.45, 7) is 3.64. The van der Waals surface area contributed by atoms with Crippen LogP contribution in [0.3, 0.4) is 0 Å². The van der Waals surface area contributed by atoms with Gasteiger partial charge in [-0.3, -0.25) is 0 Å². The molecule has 0 unspecified atom stereocenters. The van der Waals surface area contributed by atoms with Gasteiger partial charge in [0, 0.05) is 23.7 Å². The van der Waals surface area contributed by atoms with Crippen molar-refractivity contribution in [2.45, 2.75) is 44.6 Å². The van der Waals surface area contributed by atoms with E-state index in [4.69, 9.17) is 5.73 Å². The van der Waals surface area contributed by atoms with Crippen LogP contribution < -0.4 is 11.1 Å². The van der Waals surface area contributed by atoms with Gasteiger partial charge in [0.1, 0.15) is 12.1 Å². The molecule has 1 aliphatic carbocycles. The van der Waals surface area contributed by atoms with Gasteiger partial charge < -0.3 is 16.0 Å². The van der Waals surface area contributed by atoms with E-state index in [-0.39, 0.29) is 0 Å². The maximum Gasteiger partial charge on any atom is 0.137 e. The van der Waals surface area contributed by atoms with Gasteiger partial charge in [-0.05, 0) is 75.7 Å². The number of nitrogens with two attached hydrogens (primary N) is 1. The average Bonchev–Trinajstić information content (AvgIpc) is 3.15. The van der Waals surface area contributed by atoms with Crippen LogP contribution in [0.2, 0.25) is 0 Å². The van der Waals surface area contributed by atoms with Crippen molar-refractivity contribution in [1.29, 1.82) is 0 Å². The molecule has 3 N–H and O–H groups in total. The Morgan fingerprint density at radius 1 is 1.08 bits per heavy atom. The Labute approximate surface area is 143 Å². The Bertz CT molecular complexity index is 687. The maximum atomic E-state index is 5.92. The zero-order chi connectivity index (χ0) is 16.4. The number of benzene rings is 1. The fourth-order valence-corrected chi connectivity index (χ4v) is 4.28. The Kier molecular flexibility index (Phi) is 4.52. The lowest BCUT2D eigenvalue weighted by Crippen LogP contribution is -2.37. The van der Waals surface area contributed by atoms with E-state index in [2.05, 4.69) is 20.2 Å². The standard InChI is InChI=1S/C19H27N5/c20-15-5-8-18-17(11-15)19(23-13-22-18)21-12-14-3-6-16(7-4-14)24-9-1-2-10-24/h5,8,11,13-14,16H,1-4,6-7,9-10,12,20H2,(H,21,22,23)/t14-,16-. The highest BCUT2D eigenvalue weighted by atomic mass is 15.2. The van der Waals surface area contributed by atoms with E-state index in [1.54, 1.807) is 6.33 Å². The van der Waals surface area contributed by atoms with Crippen LogP contribution in [0.25, 0.3) is 10.9 Å². The first kappa shape index (κ1) is 15.6. The van der Waals surface area contributed by atoms with E-state index in [1.807, 2.05) is 18.2 Å². The second-order valence-corrected chi connectivity index (χ2v) is 7.30. The SMILES string of the molecule is Nc1ccc2ncnc(NC[C@H]3CC[C@H](N4CCCC4)CC3)c2c1. The summed E-state index contributed by atoms with van der Waals surface area (Å²) < 4.78 is 0. The molecule has 1 aromatic carbocycles. The Morgan fingerprint density at radius 3 is 2.67 bits per heavy atom. The summed E-state index contributed by atoms with van der Waals surface area (Å²) in [6, 6.07) is 6.64. The molecule has 0 bridgehead atoms. The molecule has 4 rings (SSSR count). The predicted octanol–water partition coefficient (Wildman–Crippen LogP) is 3.28. The van der Waals surface area contributed by atoms with E-state index in [9.17, 15) is 0 Å². The lowest BCUT2D eigenvalue weighted by atomic mass is 9.85. The lowest BCUT2D eigenvalue weighted by Gasteiger charge is -2.34. The molecule has 2 fully saturated rings. The molecule has 2 aromatic rings. The molecule has 5 heteroatoms. The summed E-state index contributed by atoms with van der Waals surface area (Å²) >= 11 is 0. The molecule has 2 heterocycles. The molecular formula is C19H27N5. The molecule has 2 aliphatic rings. The quantitative estimate of drug-likeness (QED) is 0.845. The van der Waals surface area contributed by atoms with Gasteiger partial charge >= 0.3 is 0 Å². The highest BCUT2D eigenvalue weighted by Gasteiger charge is 2.27. The molecule has 0 atom stereocenters. The highest BCUT2D eigenvalue weighted by molar-refractivity contribution is 5.91. The zero-order valence-electron chi connectivity index (χ0n) is 14.2. The molecule has 5 nitrogen and oxygen atoms in total. The first-order chi connectivity index (χ1) is 11.8. The van der Waals surface area contributed by atoms with Crippen LogP contribution in [0.5, 0.6) is 0 Å². The number of nitrogens with zero attached hydrogens (tertiary/aromatic N) is 3. The topological polar surface area (TPSA) is 67.1 Å². The third-order valence-corrected chi connectivity index (χ3v) is 5.69. The number of hydrogen-bond donors (Lipinski definition) is 2. The van der Waals surface area contributed by atoms with Crippen LogP contribution in [0.15, 0.2) is 24.5 Å². The number of anilines is 2. The van der Waals surface area contributed by atoms with Crippen LogP contribution in [-0.4, -0.2) is 40.5 Å². The van der Waals surface area contributed by atoms with Gasteiger partial charge in [0.25, 0.3) is 0 Å². The van der Waals surface area contributed by atoms with Crippen molar-refractivity contribution in [2.75, 3.05) is 30.7 Å². The third-order valence-electron chi connectivity index (χ3n) is 5.69. The summed E-state index contributed by atoms with van der Waals surface area (Å²) in [6.07, 6.45) is 9.76. The fraction of sp³-hybridized carbons (Fsp3) is 0.579. The Balaban J connectivity index is 1.35. The summed E-state index contributed by atoms with van der Waals surface area (Å²) in [5, 5.41) is 4.57. The number of hydrogen-bond acceptors (Lipinski definition) is 5. The average molecular weight is 325 g/mol. The van der Waals surface area contributed by atoms with Crippen molar-refractivity contribution < 1.29 is 0 Å². The van der Waals surface area contributed by atoms with Crippen molar-refractivity contribution in [3.63, 3.8) is 0 Å². The molecule has 0 radical (unpaired) electrons.